The van der Waals surface area contributed by atoms with E-state index in [0.717, 1.165) is 4.88 Å². The molecule has 0 saturated heterocycles. The van der Waals surface area contributed by atoms with Gasteiger partial charge in [-0.25, -0.2) is 4.98 Å². The molecule has 4 heterocycles. The van der Waals surface area contributed by atoms with Crippen LogP contribution < -0.4 is 15.0 Å². The highest BCUT2D eigenvalue weighted by atomic mass is 32.1. The highest BCUT2D eigenvalue weighted by molar-refractivity contribution is 7.09. The number of hydrogen-bond donors (Lipinski definition) is 2. The SMILES string of the molecule is Cc1nnc(-c2ccc3c(c2)N(C)C(=O)C(NC(=O)c2n[nH]c(Cc4cccs4)n2)CO3)o1. The highest BCUT2D eigenvalue weighted by Crippen LogP contribution is 2.34. The number of rotatable bonds is 5. The summed E-state index contributed by atoms with van der Waals surface area (Å²) in [4.78, 5) is 32.5. The summed E-state index contributed by atoms with van der Waals surface area (Å²) in [7, 11) is 1.61. The predicted octanol–water partition coefficient (Wildman–Crippen LogP) is 1.97. The molecule has 0 radical (unpaired) electrons. The van der Waals surface area contributed by atoms with Gasteiger partial charge in [-0.2, -0.15) is 0 Å². The lowest BCUT2D eigenvalue weighted by atomic mass is 10.1. The Hall–Kier alpha value is -4.06. The number of amides is 2. The lowest BCUT2D eigenvalue weighted by molar-refractivity contribution is -0.120. The van der Waals surface area contributed by atoms with Crippen LogP contribution in [0.1, 0.15) is 27.2 Å². The summed E-state index contributed by atoms with van der Waals surface area (Å²) in [6, 6.07) is 8.24. The molecule has 12 heteroatoms. The number of ether oxygens (including phenoxy) is 1. The number of aryl methyl sites for hydroxylation is 1. The summed E-state index contributed by atoms with van der Waals surface area (Å²) in [6.07, 6.45) is 0.545. The van der Waals surface area contributed by atoms with Gasteiger partial charge in [-0.1, -0.05) is 6.07 Å². The molecule has 1 aliphatic heterocycles. The number of fused-ring (bicyclic) bond motifs is 1. The molecule has 2 amide bonds. The molecule has 168 valence electrons. The van der Waals surface area contributed by atoms with Crippen LogP contribution in [0.3, 0.4) is 0 Å². The molecule has 5 rings (SSSR count). The van der Waals surface area contributed by atoms with Crippen molar-refractivity contribution in [2.24, 2.45) is 0 Å². The molecule has 4 aromatic rings. The monoisotopic (exact) mass is 465 g/mol. The molecule has 1 aliphatic rings. The van der Waals surface area contributed by atoms with Gasteiger partial charge >= 0.3 is 0 Å². The fraction of sp³-hybridized carbons (Fsp3) is 0.238. The van der Waals surface area contributed by atoms with Crippen LogP contribution in [0.15, 0.2) is 40.1 Å². The normalized spacial score (nSPS) is 15.6. The van der Waals surface area contributed by atoms with E-state index in [1.54, 1.807) is 43.5 Å². The van der Waals surface area contributed by atoms with Crippen molar-refractivity contribution in [1.82, 2.24) is 30.7 Å². The third-order valence-corrected chi connectivity index (χ3v) is 5.97. The summed E-state index contributed by atoms with van der Waals surface area (Å²) in [5.74, 6) is 0.912. The van der Waals surface area contributed by atoms with Crippen LogP contribution in [0.2, 0.25) is 0 Å². The molecule has 2 N–H and O–H groups in total. The summed E-state index contributed by atoms with van der Waals surface area (Å²) < 4.78 is 11.3. The molecule has 3 aromatic heterocycles. The van der Waals surface area contributed by atoms with Gasteiger partial charge in [0.2, 0.25) is 17.6 Å². The minimum absolute atomic E-state index is 0.0343. The van der Waals surface area contributed by atoms with Crippen LogP contribution in [-0.4, -0.2) is 56.9 Å². The molecule has 0 fully saturated rings. The number of carbonyl (C=O) groups is 2. The number of anilines is 1. The number of hydrogen-bond acceptors (Lipinski definition) is 9. The third kappa shape index (κ3) is 4.20. The van der Waals surface area contributed by atoms with Gasteiger partial charge in [0.15, 0.2) is 0 Å². The molecule has 0 saturated carbocycles. The standard InChI is InChI=1S/C21H19N7O4S/c1-11-24-27-20(32-11)12-5-6-16-15(8-12)28(2)21(30)14(10-31-16)22-19(29)18-23-17(25-26-18)9-13-4-3-7-33-13/h3-8,14H,9-10H2,1-2H3,(H,22,29)(H,23,25,26). The Morgan fingerprint density at radius 1 is 1.33 bits per heavy atom. The molecular weight excluding hydrogens is 446 g/mol. The van der Waals surface area contributed by atoms with E-state index < -0.39 is 11.9 Å². The van der Waals surface area contributed by atoms with Gasteiger partial charge in [-0.15, -0.1) is 26.6 Å². The second-order valence-electron chi connectivity index (χ2n) is 7.40. The van der Waals surface area contributed by atoms with E-state index >= 15 is 0 Å². The van der Waals surface area contributed by atoms with Crippen molar-refractivity contribution in [1.29, 1.82) is 0 Å². The molecule has 0 aliphatic carbocycles. The first kappa shape index (κ1) is 20.8. The minimum atomic E-state index is -0.914. The first-order valence-electron chi connectivity index (χ1n) is 10.1. The van der Waals surface area contributed by atoms with E-state index in [4.69, 9.17) is 9.15 Å². The van der Waals surface area contributed by atoms with Crippen LogP contribution >= 0.6 is 11.3 Å². The summed E-state index contributed by atoms with van der Waals surface area (Å²) in [5, 5.41) is 19.2. The minimum Gasteiger partial charge on any atom is -0.489 e. The van der Waals surface area contributed by atoms with Crippen molar-refractivity contribution in [2.75, 3.05) is 18.6 Å². The Morgan fingerprint density at radius 3 is 2.97 bits per heavy atom. The molecule has 0 spiro atoms. The van der Waals surface area contributed by atoms with E-state index in [0.29, 0.717) is 41.0 Å². The number of nitrogens with zero attached hydrogens (tertiary/aromatic N) is 5. The van der Waals surface area contributed by atoms with Crippen LogP contribution in [0.25, 0.3) is 11.5 Å². The first-order valence-corrected chi connectivity index (χ1v) is 11.0. The number of thiophene rings is 1. The maximum atomic E-state index is 13.1. The molecule has 0 bridgehead atoms. The van der Waals surface area contributed by atoms with Gasteiger partial charge in [0, 0.05) is 30.8 Å². The molecule has 1 atom stereocenters. The van der Waals surface area contributed by atoms with E-state index in [1.807, 2.05) is 17.5 Å². The first-order chi connectivity index (χ1) is 16.0. The Bertz CT molecular complexity index is 1310. The van der Waals surface area contributed by atoms with E-state index in [9.17, 15) is 9.59 Å². The van der Waals surface area contributed by atoms with Gasteiger partial charge < -0.3 is 19.4 Å². The number of benzene rings is 1. The van der Waals surface area contributed by atoms with E-state index in [-0.39, 0.29) is 18.3 Å². The second kappa shape index (κ2) is 8.47. The van der Waals surface area contributed by atoms with Crippen LogP contribution in [-0.2, 0) is 11.2 Å². The van der Waals surface area contributed by atoms with E-state index in [2.05, 4.69) is 30.7 Å². The smallest absolute Gasteiger partial charge is 0.291 e. The number of aromatic amines is 1. The molecule has 11 nitrogen and oxygen atoms in total. The molecule has 1 unspecified atom stereocenters. The largest absolute Gasteiger partial charge is 0.489 e. The fourth-order valence-electron chi connectivity index (χ4n) is 3.42. The molecule has 33 heavy (non-hydrogen) atoms. The van der Waals surface area contributed by atoms with Gasteiger partial charge in [-0.3, -0.25) is 14.7 Å². The van der Waals surface area contributed by atoms with Gasteiger partial charge in [0.25, 0.3) is 11.8 Å². The summed E-state index contributed by atoms with van der Waals surface area (Å²) in [6.45, 7) is 1.67. The molecule has 1 aromatic carbocycles. The van der Waals surface area contributed by atoms with Gasteiger partial charge in [0.05, 0.1) is 5.69 Å². The predicted molar refractivity (Wildman–Crippen MR) is 118 cm³/mol. The Morgan fingerprint density at radius 2 is 2.21 bits per heavy atom. The van der Waals surface area contributed by atoms with Crippen molar-refractivity contribution in [2.45, 2.75) is 19.4 Å². The average Bonchev–Trinajstić information content (AvgIpc) is 3.57. The van der Waals surface area contributed by atoms with Crippen LogP contribution in [0, 0.1) is 6.92 Å². The second-order valence-corrected chi connectivity index (χ2v) is 8.44. The van der Waals surface area contributed by atoms with Crippen molar-refractivity contribution < 1.29 is 18.7 Å². The lowest BCUT2D eigenvalue weighted by Gasteiger charge is -2.20. The Kier molecular flexibility index (Phi) is 5.34. The Balaban J connectivity index is 1.30. The quantitative estimate of drug-likeness (QED) is 0.456. The van der Waals surface area contributed by atoms with Crippen LogP contribution in [0.5, 0.6) is 5.75 Å². The van der Waals surface area contributed by atoms with Crippen molar-refractivity contribution in [3.8, 4) is 17.2 Å². The topological polar surface area (TPSA) is 139 Å². The number of carbonyl (C=O) groups excluding carboxylic acids is 2. The average molecular weight is 465 g/mol. The zero-order valence-corrected chi connectivity index (χ0v) is 18.5. The van der Waals surface area contributed by atoms with Crippen LogP contribution in [0.4, 0.5) is 5.69 Å². The number of likely N-dealkylation sites (N-methyl/N-ethyl adjacent to an activating group) is 1. The van der Waals surface area contributed by atoms with Crippen molar-refractivity contribution in [3.63, 3.8) is 0 Å². The molecular formula is C21H19N7O4S. The third-order valence-electron chi connectivity index (χ3n) is 5.09. The van der Waals surface area contributed by atoms with Crippen molar-refractivity contribution >= 4 is 28.8 Å². The van der Waals surface area contributed by atoms with Gasteiger partial charge in [0.1, 0.15) is 24.2 Å². The van der Waals surface area contributed by atoms with Gasteiger partial charge in [-0.05, 0) is 29.6 Å². The number of H-pyrrole nitrogens is 1. The maximum absolute atomic E-state index is 13.1. The zero-order valence-electron chi connectivity index (χ0n) is 17.7. The number of aromatic nitrogens is 5. The maximum Gasteiger partial charge on any atom is 0.291 e. The zero-order chi connectivity index (χ0) is 22.9. The number of nitrogens with one attached hydrogen (secondary N) is 2. The lowest BCUT2D eigenvalue weighted by Crippen LogP contribution is -2.49. The Labute approximate surface area is 191 Å². The fourth-order valence-corrected chi connectivity index (χ4v) is 4.13. The van der Waals surface area contributed by atoms with E-state index in [1.165, 1.54) is 4.90 Å². The summed E-state index contributed by atoms with van der Waals surface area (Å²) >= 11 is 1.59. The van der Waals surface area contributed by atoms with Crippen molar-refractivity contribution in [3.05, 3.63) is 58.1 Å². The highest BCUT2D eigenvalue weighted by Gasteiger charge is 2.32. The summed E-state index contributed by atoms with van der Waals surface area (Å²) in [5.41, 5.74) is 1.18.